The molecule has 0 spiro atoms. The first kappa shape index (κ1) is 19.1. The number of rotatable bonds is 6. The number of ether oxygens (including phenoxy) is 2. The second kappa shape index (κ2) is 7.99. The molecule has 0 aromatic heterocycles. The van der Waals surface area contributed by atoms with Crippen molar-refractivity contribution in [2.45, 2.75) is 6.42 Å². The van der Waals surface area contributed by atoms with Crippen LogP contribution in [0.25, 0.3) is 0 Å². The van der Waals surface area contributed by atoms with Gasteiger partial charge in [-0.25, -0.2) is 0 Å². The van der Waals surface area contributed by atoms with Gasteiger partial charge in [0.15, 0.2) is 0 Å². The lowest BCUT2D eigenvalue weighted by Crippen LogP contribution is -2.39. The van der Waals surface area contributed by atoms with E-state index in [2.05, 4.69) is 22.8 Å². The van der Waals surface area contributed by atoms with E-state index in [-0.39, 0.29) is 23.7 Å². The summed E-state index contributed by atoms with van der Waals surface area (Å²) in [6, 6.07) is 14.5. The quantitative estimate of drug-likeness (QED) is 0.735. The number of allylic oxidation sites excluding steroid dienone is 2. The van der Waals surface area contributed by atoms with E-state index in [0.717, 1.165) is 6.42 Å². The van der Waals surface area contributed by atoms with Gasteiger partial charge in [-0.15, -0.1) is 0 Å². The standard InChI is InChI=1S/C23H24N2O4/c1-28-18-7-3-5-16(12-18)24-22(26)20-14-9-10-15(11-14)21(20)23(27)25-17-6-4-8-19(13-17)29-2/h3-10,12-15,20-21H,11H2,1-2H3,(H,24,26)(H,25,27)/t14-,15+,20-,21+. The molecule has 0 heterocycles. The SMILES string of the molecule is COc1cccc(NC(=O)[C@@H]2[C@H](C(=O)Nc3cccc(OC)c3)[C@@H]3C=C[C@H]2C3)c1. The van der Waals surface area contributed by atoms with Crippen LogP contribution in [-0.4, -0.2) is 26.0 Å². The summed E-state index contributed by atoms with van der Waals surface area (Å²) in [5, 5.41) is 5.92. The highest BCUT2D eigenvalue weighted by molar-refractivity contribution is 6.01. The molecule has 2 N–H and O–H groups in total. The summed E-state index contributed by atoms with van der Waals surface area (Å²) in [5.74, 6) is 0.412. The van der Waals surface area contributed by atoms with E-state index in [4.69, 9.17) is 9.47 Å². The summed E-state index contributed by atoms with van der Waals surface area (Å²) in [5.41, 5.74) is 1.32. The Hall–Kier alpha value is -3.28. The zero-order valence-electron chi connectivity index (χ0n) is 16.4. The number of nitrogens with one attached hydrogen (secondary N) is 2. The largest absolute Gasteiger partial charge is 0.497 e. The zero-order valence-corrected chi connectivity index (χ0v) is 16.4. The predicted octanol–water partition coefficient (Wildman–Crippen LogP) is 3.72. The van der Waals surface area contributed by atoms with Gasteiger partial charge >= 0.3 is 0 Å². The predicted molar refractivity (Wildman–Crippen MR) is 111 cm³/mol. The Bertz CT molecular complexity index is 880. The van der Waals surface area contributed by atoms with Gasteiger partial charge in [-0.05, 0) is 42.5 Å². The van der Waals surface area contributed by atoms with Crippen LogP contribution in [0.15, 0.2) is 60.7 Å². The van der Waals surface area contributed by atoms with E-state index in [1.165, 1.54) is 0 Å². The van der Waals surface area contributed by atoms with Crippen LogP contribution in [0.5, 0.6) is 11.5 Å². The van der Waals surface area contributed by atoms with Gasteiger partial charge in [0.25, 0.3) is 0 Å². The first-order valence-electron chi connectivity index (χ1n) is 9.67. The number of hydrogen-bond donors (Lipinski definition) is 2. The van der Waals surface area contributed by atoms with Gasteiger partial charge in [-0.1, -0.05) is 24.3 Å². The molecule has 1 fully saturated rings. The molecule has 0 aliphatic heterocycles. The van der Waals surface area contributed by atoms with Crippen LogP contribution in [0.4, 0.5) is 11.4 Å². The molecule has 4 atom stereocenters. The average Bonchev–Trinajstić information content (AvgIpc) is 3.35. The summed E-state index contributed by atoms with van der Waals surface area (Å²) in [6.45, 7) is 0. The third-order valence-electron chi connectivity index (χ3n) is 5.74. The Balaban J connectivity index is 1.51. The van der Waals surface area contributed by atoms with Gasteiger partial charge in [0.2, 0.25) is 11.8 Å². The Labute approximate surface area is 169 Å². The van der Waals surface area contributed by atoms with Crippen LogP contribution >= 0.6 is 0 Å². The van der Waals surface area contributed by atoms with Gasteiger partial charge < -0.3 is 20.1 Å². The average molecular weight is 392 g/mol. The first-order valence-corrected chi connectivity index (χ1v) is 9.67. The molecule has 150 valence electrons. The molecule has 2 amide bonds. The molecule has 2 aromatic carbocycles. The van der Waals surface area contributed by atoms with Gasteiger partial charge in [-0.3, -0.25) is 9.59 Å². The second-order valence-corrected chi connectivity index (χ2v) is 7.44. The molecule has 6 heteroatoms. The molecule has 4 rings (SSSR count). The van der Waals surface area contributed by atoms with Crippen molar-refractivity contribution in [3.05, 3.63) is 60.7 Å². The molecule has 0 radical (unpaired) electrons. The van der Waals surface area contributed by atoms with Crippen molar-refractivity contribution in [3.8, 4) is 11.5 Å². The first-order chi connectivity index (χ1) is 14.1. The van der Waals surface area contributed by atoms with E-state index in [0.29, 0.717) is 22.9 Å². The van der Waals surface area contributed by atoms with Crippen LogP contribution < -0.4 is 20.1 Å². The third-order valence-corrected chi connectivity index (χ3v) is 5.74. The number of carbonyl (C=O) groups excluding carboxylic acids is 2. The van der Waals surface area contributed by atoms with Crippen LogP contribution in [-0.2, 0) is 9.59 Å². The number of methoxy groups -OCH3 is 2. The number of hydrogen-bond acceptors (Lipinski definition) is 4. The van der Waals surface area contributed by atoms with Crippen molar-refractivity contribution in [2.75, 3.05) is 24.9 Å². The summed E-state index contributed by atoms with van der Waals surface area (Å²) in [4.78, 5) is 26.2. The summed E-state index contributed by atoms with van der Waals surface area (Å²) in [7, 11) is 3.17. The molecule has 2 aromatic rings. The van der Waals surface area contributed by atoms with E-state index in [1.54, 1.807) is 26.4 Å². The van der Waals surface area contributed by atoms with Gasteiger partial charge in [0.1, 0.15) is 11.5 Å². The molecule has 1 saturated carbocycles. The van der Waals surface area contributed by atoms with E-state index in [9.17, 15) is 9.59 Å². The minimum absolute atomic E-state index is 0.0756. The Morgan fingerprint density at radius 1 is 0.793 bits per heavy atom. The minimum Gasteiger partial charge on any atom is -0.497 e. The van der Waals surface area contributed by atoms with Crippen LogP contribution in [0, 0.1) is 23.7 Å². The fraction of sp³-hybridized carbons (Fsp3) is 0.304. The van der Waals surface area contributed by atoms with E-state index >= 15 is 0 Å². The fourth-order valence-electron chi connectivity index (χ4n) is 4.39. The van der Waals surface area contributed by atoms with Crippen LogP contribution in [0.1, 0.15) is 6.42 Å². The van der Waals surface area contributed by atoms with Gasteiger partial charge in [0.05, 0.1) is 26.1 Å². The monoisotopic (exact) mass is 392 g/mol. The number of anilines is 2. The molecular formula is C23H24N2O4. The third kappa shape index (κ3) is 3.83. The summed E-state index contributed by atoms with van der Waals surface area (Å²) >= 11 is 0. The maximum Gasteiger partial charge on any atom is 0.228 e. The molecule has 0 saturated heterocycles. The van der Waals surface area contributed by atoms with E-state index in [1.807, 2.05) is 36.4 Å². The molecule has 2 bridgehead atoms. The van der Waals surface area contributed by atoms with Crippen molar-refractivity contribution in [1.29, 1.82) is 0 Å². The normalized spacial score (nSPS) is 24.2. The van der Waals surface area contributed by atoms with Crippen molar-refractivity contribution in [2.24, 2.45) is 23.7 Å². The topological polar surface area (TPSA) is 76.7 Å². The van der Waals surface area contributed by atoms with Crippen LogP contribution in [0.2, 0.25) is 0 Å². The number of fused-ring (bicyclic) bond motifs is 2. The highest BCUT2D eigenvalue weighted by Crippen LogP contribution is 2.48. The molecular weight excluding hydrogens is 368 g/mol. The smallest absolute Gasteiger partial charge is 0.228 e. The number of benzene rings is 2. The second-order valence-electron chi connectivity index (χ2n) is 7.44. The van der Waals surface area contributed by atoms with Crippen molar-refractivity contribution < 1.29 is 19.1 Å². The minimum atomic E-state index is -0.401. The maximum atomic E-state index is 13.1. The highest BCUT2D eigenvalue weighted by Gasteiger charge is 2.51. The van der Waals surface area contributed by atoms with E-state index < -0.39 is 11.8 Å². The highest BCUT2D eigenvalue weighted by atomic mass is 16.5. The summed E-state index contributed by atoms with van der Waals surface area (Å²) < 4.78 is 10.4. The van der Waals surface area contributed by atoms with Gasteiger partial charge in [-0.2, -0.15) is 0 Å². The maximum absolute atomic E-state index is 13.1. The van der Waals surface area contributed by atoms with Crippen LogP contribution in [0.3, 0.4) is 0 Å². The molecule has 0 unspecified atom stereocenters. The van der Waals surface area contributed by atoms with Gasteiger partial charge in [0, 0.05) is 23.5 Å². The molecule has 6 nitrogen and oxygen atoms in total. The lowest BCUT2D eigenvalue weighted by atomic mass is 9.81. The molecule has 29 heavy (non-hydrogen) atoms. The Morgan fingerprint density at radius 2 is 1.24 bits per heavy atom. The lowest BCUT2D eigenvalue weighted by Gasteiger charge is -2.26. The Morgan fingerprint density at radius 3 is 1.66 bits per heavy atom. The van der Waals surface area contributed by atoms with Crippen molar-refractivity contribution >= 4 is 23.2 Å². The molecule has 2 aliphatic carbocycles. The summed E-state index contributed by atoms with van der Waals surface area (Å²) in [6.07, 6.45) is 4.96. The number of amides is 2. The number of carbonyl (C=O) groups is 2. The van der Waals surface area contributed by atoms with Crippen molar-refractivity contribution in [3.63, 3.8) is 0 Å². The Kier molecular flexibility index (Phi) is 5.25. The zero-order chi connectivity index (χ0) is 20.4. The fourth-order valence-corrected chi connectivity index (χ4v) is 4.39. The van der Waals surface area contributed by atoms with Crippen molar-refractivity contribution in [1.82, 2.24) is 0 Å². The lowest BCUT2D eigenvalue weighted by molar-refractivity contribution is -0.129. The molecule has 2 aliphatic rings.